The fourth-order valence-electron chi connectivity index (χ4n) is 1.62. The van der Waals surface area contributed by atoms with Crippen molar-refractivity contribution in [2.45, 2.75) is 13.8 Å². The number of hydrogen-bond donors (Lipinski definition) is 0. The molecule has 0 radical (unpaired) electrons. The van der Waals surface area contributed by atoms with Crippen molar-refractivity contribution in [2.75, 3.05) is 6.61 Å². The SMILES string of the molecule is CCOc1ncc(C(C)=O)c2cc(Cl)ncc12. The van der Waals surface area contributed by atoms with E-state index in [1.165, 1.54) is 13.1 Å². The molecule has 0 aliphatic rings. The van der Waals surface area contributed by atoms with Crippen LogP contribution in [0.4, 0.5) is 0 Å². The molecule has 2 heterocycles. The number of aromatic nitrogens is 2. The summed E-state index contributed by atoms with van der Waals surface area (Å²) in [4.78, 5) is 19.6. The summed E-state index contributed by atoms with van der Waals surface area (Å²) in [6.07, 6.45) is 3.08. The van der Waals surface area contributed by atoms with E-state index in [1.54, 1.807) is 12.3 Å². The van der Waals surface area contributed by atoms with Gasteiger partial charge in [-0.3, -0.25) is 4.79 Å². The van der Waals surface area contributed by atoms with Gasteiger partial charge in [0.25, 0.3) is 0 Å². The molecule has 0 saturated heterocycles. The number of carbonyl (C=O) groups excluding carboxylic acids is 1. The monoisotopic (exact) mass is 250 g/mol. The van der Waals surface area contributed by atoms with Crippen LogP contribution in [0.3, 0.4) is 0 Å². The first-order chi connectivity index (χ1) is 8.13. The van der Waals surface area contributed by atoms with E-state index in [2.05, 4.69) is 9.97 Å². The topological polar surface area (TPSA) is 52.1 Å². The average molecular weight is 251 g/mol. The number of pyridine rings is 2. The van der Waals surface area contributed by atoms with E-state index in [1.807, 2.05) is 6.92 Å². The summed E-state index contributed by atoms with van der Waals surface area (Å²) in [5.74, 6) is 0.407. The van der Waals surface area contributed by atoms with E-state index in [9.17, 15) is 4.79 Å². The predicted octanol–water partition coefficient (Wildman–Crippen LogP) is 2.88. The van der Waals surface area contributed by atoms with Crippen molar-refractivity contribution in [3.8, 4) is 5.88 Å². The van der Waals surface area contributed by atoms with Crippen molar-refractivity contribution >= 4 is 28.2 Å². The molecule has 0 aromatic carbocycles. The van der Waals surface area contributed by atoms with Gasteiger partial charge in [0.2, 0.25) is 5.88 Å². The van der Waals surface area contributed by atoms with Gasteiger partial charge in [0.15, 0.2) is 5.78 Å². The van der Waals surface area contributed by atoms with E-state index < -0.39 is 0 Å². The van der Waals surface area contributed by atoms with Gasteiger partial charge in [-0.05, 0) is 19.9 Å². The number of nitrogens with zero attached hydrogens (tertiary/aromatic N) is 2. The summed E-state index contributed by atoms with van der Waals surface area (Å²) in [7, 11) is 0. The molecule has 2 aromatic rings. The highest BCUT2D eigenvalue weighted by Gasteiger charge is 2.12. The minimum Gasteiger partial charge on any atom is -0.477 e. The number of ether oxygens (including phenoxy) is 1. The number of halogens is 1. The molecular formula is C12H11ClN2O2. The molecule has 0 spiro atoms. The Labute approximate surface area is 104 Å². The van der Waals surface area contributed by atoms with Crippen LogP contribution in [-0.2, 0) is 0 Å². The number of rotatable bonds is 3. The van der Waals surface area contributed by atoms with E-state index in [0.717, 1.165) is 5.39 Å². The Morgan fingerprint density at radius 1 is 1.35 bits per heavy atom. The van der Waals surface area contributed by atoms with Gasteiger partial charge in [-0.15, -0.1) is 0 Å². The normalized spacial score (nSPS) is 10.5. The second-order valence-electron chi connectivity index (χ2n) is 3.52. The van der Waals surface area contributed by atoms with Crippen molar-refractivity contribution < 1.29 is 9.53 Å². The molecule has 88 valence electrons. The molecule has 0 N–H and O–H groups in total. The molecule has 0 amide bonds. The third-order valence-corrected chi connectivity index (χ3v) is 2.57. The van der Waals surface area contributed by atoms with Gasteiger partial charge in [0, 0.05) is 23.3 Å². The van der Waals surface area contributed by atoms with Crippen molar-refractivity contribution in [3.63, 3.8) is 0 Å². The third-order valence-electron chi connectivity index (χ3n) is 2.36. The maximum atomic E-state index is 11.5. The Hall–Kier alpha value is -1.68. The van der Waals surface area contributed by atoms with E-state index in [4.69, 9.17) is 16.3 Å². The zero-order valence-corrected chi connectivity index (χ0v) is 10.3. The quantitative estimate of drug-likeness (QED) is 0.621. The lowest BCUT2D eigenvalue weighted by Crippen LogP contribution is -2.00. The second-order valence-corrected chi connectivity index (χ2v) is 3.91. The van der Waals surface area contributed by atoms with Crippen LogP contribution in [-0.4, -0.2) is 22.4 Å². The molecule has 0 aliphatic carbocycles. The molecule has 4 nitrogen and oxygen atoms in total. The number of fused-ring (bicyclic) bond motifs is 1. The standard InChI is InChI=1S/C12H11ClN2O2/c1-3-17-12-10-6-14-11(13)4-8(10)9(5-15-12)7(2)16/h4-6H,3H2,1-2H3. The summed E-state index contributed by atoms with van der Waals surface area (Å²) < 4.78 is 5.39. The maximum Gasteiger partial charge on any atom is 0.222 e. The smallest absolute Gasteiger partial charge is 0.222 e. The summed E-state index contributed by atoms with van der Waals surface area (Å²) in [5.41, 5.74) is 0.521. The Morgan fingerprint density at radius 3 is 2.76 bits per heavy atom. The van der Waals surface area contributed by atoms with Gasteiger partial charge in [-0.1, -0.05) is 11.6 Å². The van der Waals surface area contributed by atoms with Gasteiger partial charge >= 0.3 is 0 Å². The van der Waals surface area contributed by atoms with Gasteiger partial charge in [0.05, 0.1) is 12.0 Å². The van der Waals surface area contributed by atoms with Crippen LogP contribution in [0.15, 0.2) is 18.5 Å². The molecule has 0 unspecified atom stereocenters. The Balaban J connectivity index is 2.76. The van der Waals surface area contributed by atoms with Crippen LogP contribution in [0.25, 0.3) is 10.8 Å². The number of ketones is 1. The first kappa shape index (κ1) is 11.8. The molecule has 0 bridgehead atoms. The van der Waals surface area contributed by atoms with Crippen molar-refractivity contribution in [3.05, 3.63) is 29.2 Å². The summed E-state index contributed by atoms with van der Waals surface area (Å²) in [5, 5.41) is 1.76. The highest BCUT2D eigenvalue weighted by atomic mass is 35.5. The molecule has 2 rings (SSSR count). The first-order valence-electron chi connectivity index (χ1n) is 5.21. The van der Waals surface area contributed by atoms with Gasteiger partial charge < -0.3 is 4.74 Å². The zero-order chi connectivity index (χ0) is 12.4. The highest BCUT2D eigenvalue weighted by Crippen LogP contribution is 2.27. The molecule has 0 fully saturated rings. The molecule has 17 heavy (non-hydrogen) atoms. The first-order valence-corrected chi connectivity index (χ1v) is 5.59. The van der Waals surface area contributed by atoms with Crippen LogP contribution >= 0.6 is 11.6 Å². The largest absolute Gasteiger partial charge is 0.477 e. The summed E-state index contributed by atoms with van der Waals surface area (Å²) in [6.45, 7) is 3.87. The fourth-order valence-corrected chi connectivity index (χ4v) is 1.78. The van der Waals surface area contributed by atoms with Crippen molar-refractivity contribution in [1.82, 2.24) is 9.97 Å². The third kappa shape index (κ3) is 2.22. The minimum atomic E-state index is -0.0622. The minimum absolute atomic E-state index is 0.0622. The highest BCUT2D eigenvalue weighted by molar-refractivity contribution is 6.30. The second kappa shape index (κ2) is 4.67. The van der Waals surface area contributed by atoms with Crippen LogP contribution in [0.5, 0.6) is 5.88 Å². The number of carbonyl (C=O) groups is 1. The van der Waals surface area contributed by atoms with Crippen LogP contribution in [0.1, 0.15) is 24.2 Å². The number of hydrogen-bond acceptors (Lipinski definition) is 4. The van der Waals surface area contributed by atoms with Gasteiger partial charge in [-0.25, -0.2) is 9.97 Å². The molecule has 0 saturated carbocycles. The van der Waals surface area contributed by atoms with Crippen molar-refractivity contribution in [2.24, 2.45) is 0 Å². The van der Waals surface area contributed by atoms with Crippen LogP contribution < -0.4 is 4.74 Å². The van der Waals surface area contributed by atoms with E-state index in [0.29, 0.717) is 28.6 Å². The van der Waals surface area contributed by atoms with Gasteiger partial charge in [0.1, 0.15) is 5.15 Å². The van der Waals surface area contributed by atoms with Gasteiger partial charge in [-0.2, -0.15) is 0 Å². The lowest BCUT2D eigenvalue weighted by atomic mass is 10.1. The Bertz CT molecular complexity index is 584. The van der Waals surface area contributed by atoms with E-state index >= 15 is 0 Å². The average Bonchev–Trinajstić information content (AvgIpc) is 2.28. The summed E-state index contributed by atoms with van der Waals surface area (Å²) >= 11 is 5.84. The zero-order valence-electron chi connectivity index (χ0n) is 9.53. The molecule has 2 aromatic heterocycles. The van der Waals surface area contributed by atoms with Crippen molar-refractivity contribution in [1.29, 1.82) is 0 Å². The molecule has 5 heteroatoms. The predicted molar refractivity (Wildman–Crippen MR) is 65.7 cm³/mol. The number of Topliss-reactive ketones (excluding diaryl/α,β-unsaturated/α-hetero) is 1. The Kier molecular flexibility index (Phi) is 3.24. The van der Waals surface area contributed by atoms with E-state index in [-0.39, 0.29) is 5.78 Å². The van der Waals surface area contributed by atoms with Crippen LogP contribution in [0, 0.1) is 0 Å². The van der Waals surface area contributed by atoms with Crippen LogP contribution in [0.2, 0.25) is 5.15 Å². The Morgan fingerprint density at radius 2 is 2.12 bits per heavy atom. The fraction of sp³-hybridized carbons (Fsp3) is 0.250. The molecule has 0 atom stereocenters. The lowest BCUT2D eigenvalue weighted by molar-refractivity contribution is 0.101. The molecular weight excluding hydrogens is 240 g/mol. The summed E-state index contributed by atoms with van der Waals surface area (Å²) in [6, 6.07) is 1.65. The lowest BCUT2D eigenvalue weighted by Gasteiger charge is -2.08. The maximum absolute atomic E-state index is 11.5. The molecule has 0 aliphatic heterocycles.